The predicted octanol–water partition coefficient (Wildman–Crippen LogP) is 3.16. The van der Waals surface area contributed by atoms with E-state index in [0.29, 0.717) is 16.8 Å². The largest absolute Gasteiger partial charge is 0.352 e. The number of carbonyl (C=O) groups is 1. The molecule has 1 atom stereocenters. The lowest BCUT2D eigenvalue weighted by Gasteiger charge is -2.16. The third-order valence-electron chi connectivity index (χ3n) is 4.99. The number of benzene rings is 1. The van der Waals surface area contributed by atoms with Crippen molar-refractivity contribution < 1.29 is 4.79 Å². The van der Waals surface area contributed by atoms with Crippen molar-refractivity contribution in [3.8, 4) is 0 Å². The zero-order valence-electron chi connectivity index (χ0n) is 16.9. The van der Waals surface area contributed by atoms with Gasteiger partial charge in [0.05, 0.1) is 5.52 Å². The molecule has 3 rings (SSSR count). The molecule has 0 saturated carbocycles. The fraction of sp³-hybridized carbons (Fsp3) is 0.409. The van der Waals surface area contributed by atoms with E-state index >= 15 is 0 Å². The van der Waals surface area contributed by atoms with Crippen molar-refractivity contribution in [1.29, 1.82) is 0 Å². The molecule has 1 aromatic carbocycles. The van der Waals surface area contributed by atoms with Crippen molar-refractivity contribution >= 4 is 27.5 Å². The highest BCUT2D eigenvalue weighted by molar-refractivity contribution is 7.17. The van der Waals surface area contributed by atoms with Gasteiger partial charge in [0, 0.05) is 12.6 Å². The number of aromatic nitrogens is 2. The van der Waals surface area contributed by atoms with Gasteiger partial charge in [0.1, 0.15) is 11.2 Å². The topological polar surface area (TPSA) is 73.1 Å². The smallest absolute Gasteiger partial charge is 0.332 e. The normalized spacial score (nSPS) is 12.2. The number of rotatable bonds is 9. The van der Waals surface area contributed by atoms with Gasteiger partial charge in [-0.15, -0.1) is 11.3 Å². The van der Waals surface area contributed by atoms with E-state index in [0.717, 1.165) is 25.7 Å². The standard InChI is InChI=1S/C22H27N3O3S/c1-3-4-13-24-21(27)20-18(12-14-29-20)25(22(24)28)15-19(26)23-16(2)10-11-17-8-6-5-7-9-17/h5-9,12,14,16H,3-4,10-11,13,15H2,1-2H3,(H,23,26)/t16-/m0/s1. The maximum atomic E-state index is 12.9. The first-order valence-electron chi connectivity index (χ1n) is 10.1. The summed E-state index contributed by atoms with van der Waals surface area (Å²) in [6.07, 6.45) is 3.32. The molecule has 3 aromatic rings. The zero-order valence-corrected chi connectivity index (χ0v) is 17.7. The summed E-state index contributed by atoms with van der Waals surface area (Å²) >= 11 is 1.31. The van der Waals surface area contributed by atoms with Gasteiger partial charge in [-0.1, -0.05) is 43.7 Å². The summed E-state index contributed by atoms with van der Waals surface area (Å²) in [4.78, 5) is 38.1. The molecule has 0 fully saturated rings. The van der Waals surface area contributed by atoms with Crippen LogP contribution in [0.4, 0.5) is 0 Å². The van der Waals surface area contributed by atoms with Crippen LogP contribution in [-0.4, -0.2) is 21.1 Å². The van der Waals surface area contributed by atoms with Crippen molar-refractivity contribution in [2.75, 3.05) is 0 Å². The average Bonchev–Trinajstić information content (AvgIpc) is 3.20. The number of carbonyl (C=O) groups excluding carboxylic acids is 1. The fourth-order valence-corrected chi connectivity index (χ4v) is 4.21. The minimum atomic E-state index is -0.415. The van der Waals surface area contributed by atoms with E-state index in [1.165, 1.54) is 26.0 Å². The number of fused-ring (bicyclic) bond motifs is 1. The van der Waals surface area contributed by atoms with E-state index in [1.807, 2.05) is 32.0 Å². The molecule has 0 aliphatic carbocycles. The maximum Gasteiger partial charge on any atom is 0.332 e. The van der Waals surface area contributed by atoms with Gasteiger partial charge in [0.25, 0.3) is 5.56 Å². The minimum absolute atomic E-state index is 0.0117. The summed E-state index contributed by atoms with van der Waals surface area (Å²) in [5.41, 5.74) is 1.08. The Morgan fingerprint density at radius 3 is 2.62 bits per heavy atom. The Balaban J connectivity index is 1.73. The Hall–Kier alpha value is -2.67. The molecule has 154 valence electrons. The minimum Gasteiger partial charge on any atom is -0.352 e. The second-order valence-electron chi connectivity index (χ2n) is 7.31. The van der Waals surface area contributed by atoms with E-state index in [2.05, 4.69) is 17.4 Å². The molecule has 0 aliphatic heterocycles. The molecule has 0 aliphatic rings. The Morgan fingerprint density at radius 2 is 1.90 bits per heavy atom. The van der Waals surface area contributed by atoms with Gasteiger partial charge in [-0.25, -0.2) is 4.79 Å². The Labute approximate surface area is 173 Å². The fourth-order valence-electron chi connectivity index (χ4n) is 3.36. The number of aryl methyl sites for hydroxylation is 1. The van der Waals surface area contributed by atoms with Crippen LogP contribution in [0, 0.1) is 0 Å². The van der Waals surface area contributed by atoms with Crippen LogP contribution in [0.2, 0.25) is 0 Å². The van der Waals surface area contributed by atoms with Crippen LogP contribution in [0.15, 0.2) is 51.4 Å². The number of hydrogen-bond donors (Lipinski definition) is 1. The molecule has 1 N–H and O–H groups in total. The van der Waals surface area contributed by atoms with Crippen molar-refractivity contribution in [3.05, 3.63) is 68.2 Å². The molecule has 1 amide bonds. The first kappa shape index (κ1) is 21.0. The Kier molecular flexibility index (Phi) is 7.04. The van der Waals surface area contributed by atoms with Crippen molar-refractivity contribution in [2.24, 2.45) is 0 Å². The van der Waals surface area contributed by atoms with Crippen LogP contribution in [0.5, 0.6) is 0 Å². The van der Waals surface area contributed by atoms with E-state index in [-0.39, 0.29) is 24.1 Å². The van der Waals surface area contributed by atoms with Gasteiger partial charge in [0.2, 0.25) is 5.91 Å². The number of nitrogens with one attached hydrogen (secondary N) is 1. The lowest BCUT2D eigenvalue weighted by atomic mass is 10.1. The van der Waals surface area contributed by atoms with E-state index < -0.39 is 5.69 Å². The van der Waals surface area contributed by atoms with Gasteiger partial charge >= 0.3 is 5.69 Å². The summed E-state index contributed by atoms with van der Waals surface area (Å²) in [6, 6.07) is 11.9. The molecular formula is C22H27N3O3S. The third kappa shape index (κ3) is 5.03. The summed E-state index contributed by atoms with van der Waals surface area (Å²) in [5, 5.41) is 4.76. The van der Waals surface area contributed by atoms with E-state index in [9.17, 15) is 14.4 Å². The first-order chi connectivity index (χ1) is 14.0. The highest BCUT2D eigenvalue weighted by Gasteiger charge is 2.17. The Morgan fingerprint density at radius 1 is 1.14 bits per heavy atom. The summed E-state index contributed by atoms with van der Waals surface area (Å²) < 4.78 is 3.20. The van der Waals surface area contributed by atoms with Gasteiger partial charge in [-0.05, 0) is 43.2 Å². The quantitative estimate of drug-likeness (QED) is 0.586. The van der Waals surface area contributed by atoms with Crippen molar-refractivity contribution in [3.63, 3.8) is 0 Å². The van der Waals surface area contributed by atoms with Crippen molar-refractivity contribution in [2.45, 2.75) is 58.7 Å². The third-order valence-corrected chi connectivity index (χ3v) is 5.88. The van der Waals surface area contributed by atoms with Crippen LogP contribution in [0.1, 0.15) is 38.7 Å². The second kappa shape index (κ2) is 9.69. The predicted molar refractivity (Wildman–Crippen MR) is 118 cm³/mol. The Bertz CT molecular complexity index is 1080. The molecule has 2 aromatic heterocycles. The number of hydrogen-bond acceptors (Lipinski definition) is 4. The number of nitrogens with zero attached hydrogens (tertiary/aromatic N) is 2. The van der Waals surface area contributed by atoms with Crippen LogP contribution in [0.3, 0.4) is 0 Å². The van der Waals surface area contributed by atoms with Crippen LogP contribution in [0.25, 0.3) is 10.2 Å². The highest BCUT2D eigenvalue weighted by atomic mass is 32.1. The van der Waals surface area contributed by atoms with E-state index in [1.54, 1.807) is 11.4 Å². The SMILES string of the molecule is CCCCn1c(=O)c2sccc2n(CC(=O)N[C@@H](C)CCc2ccccc2)c1=O. The first-order valence-corrected chi connectivity index (χ1v) is 10.9. The molecule has 6 nitrogen and oxygen atoms in total. The molecule has 2 heterocycles. The van der Waals surface area contributed by atoms with Crippen LogP contribution in [-0.2, 0) is 24.3 Å². The monoisotopic (exact) mass is 413 g/mol. The van der Waals surface area contributed by atoms with Crippen LogP contribution >= 0.6 is 11.3 Å². The summed E-state index contributed by atoms with van der Waals surface area (Å²) in [5.74, 6) is -0.221. The molecule has 29 heavy (non-hydrogen) atoms. The van der Waals surface area contributed by atoms with Gasteiger partial charge < -0.3 is 5.32 Å². The van der Waals surface area contributed by atoms with Gasteiger partial charge in [0.15, 0.2) is 0 Å². The second-order valence-corrected chi connectivity index (χ2v) is 8.22. The summed E-state index contributed by atoms with van der Waals surface area (Å²) in [7, 11) is 0. The number of thiophene rings is 1. The van der Waals surface area contributed by atoms with E-state index in [4.69, 9.17) is 0 Å². The van der Waals surface area contributed by atoms with Gasteiger partial charge in [-0.2, -0.15) is 0 Å². The van der Waals surface area contributed by atoms with Gasteiger partial charge in [-0.3, -0.25) is 18.7 Å². The molecule has 7 heteroatoms. The number of unbranched alkanes of at least 4 members (excludes halogenated alkanes) is 1. The number of amides is 1. The molecule has 0 spiro atoms. The van der Waals surface area contributed by atoms with Crippen molar-refractivity contribution in [1.82, 2.24) is 14.5 Å². The summed E-state index contributed by atoms with van der Waals surface area (Å²) in [6.45, 7) is 4.26. The highest BCUT2D eigenvalue weighted by Crippen LogP contribution is 2.15. The average molecular weight is 414 g/mol. The maximum absolute atomic E-state index is 12.9. The molecule has 0 bridgehead atoms. The molecule has 0 unspecified atom stereocenters. The lowest BCUT2D eigenvalue weighted by molar-refractivity contribution is -0.122. The molecular weight excluding hydrogens is 386 g/mol. The lowest BCUT2D eigenvalue weighted by Crippen LogP contribution is -2.43. The molecule has 0 saturated heterocycles. The molecule has 0 radical (unpaired) electrons. The van der Waals surface area contributed by atoms with Crippen LogP contribution < -0.4 is 16.6 Å². The zero-order chi connectivity index (χ0) is 20.8.